The second-order valence-corrected chi connectivity index (χ2v) is 8.51. The zero-order chi connectivity index (χ0) is 21.3. The first kappa shape index (κ1) is 20.6. The molecular formula is C25H29NO4. The lowest BCUT2D eigenvalue weighted by Crippen LogP contribution is -2.34. The van der Waals surface area contributed by atoms with Crippen LogP contribution >= 0.6 is 0 Å². The van der Waals surface area contributed by atoms with Gasteiger partial charge in [0.25, 0.3) is 0 Å². The summed E-state index contributed by atoms with van der Waals surface area (Å²) in [5, 5.41) is 3.01. The average molecular weight is 408 g/mol. The highest BCUT2D eigenvalue weighted by molar-refractivity contribution is 6.09. The number of ether oxygens (including phenoxy) is 1. The summed E-state index contributed by atoms with van der Waals surface area (Å²) in [5.41, 5.74) is 7.20. The van der Waals surface area contributed by atoms with Crippen molar-refractivity contribution in [2.45, 2.75) is 45.4 Å². The molecule has 30 heavy (non-hydrogen) atoms. The van der Waals surface area contributed by atoms with Crippen LogP contribution in [0.3, 0.4) is 0 Å². The van der Waals surface area contributed by atoms with Crippen LogP contribution in [-0.4, -0.2) is 24.7 Å². The molecule has 0 amide bonds. The first-order chi connectivity index (χ1) is 14.5. The summed E-state index contributed by atoms with van der Waals surface area (Å²) in [6.45, 7) is 4.65. The molecule has 2 N–H and O–H groups in total. The van der Waals surface area contributed by atoms with E-state index in [1.54, 1.807) is 13.2 Å². The third kappa shape index (κ3) is 3.86. The van der Waals surface area contributed by atoms with Gasteiger partial charge in [0.15, 0.2) is 0 Å². The van der Waals surface area contributed by atoms with Gasteiger partial charge >= 0.3 is 0 Å². The van der Waals surface area contributed by atoms with Crippen LogP contribution in [0, 0.1) is 11.8 Å². The summed E-state index contributed by atoms with van der Waals surface area (Å²) in [7, 11) is 0. The van der Waals surface area contributed by atoms with Gasteiger partial charge in [0.05, 0.1) is 6.26 Å². The Hall–Kier alpha value is -2.66. The van der Waals surface area contributed by atoms with Crippen molar-refractivity contribution in [2.75, 3.05) is 13.2 Å². The van der Waals surface area contributed by atoms with Crippen molar-refractivity contribution in [1.29, 1.82) is 0 Å². The van der Waals surface area contributed by atoms with E-state index in [9.17, 15) is 9.59 Å². The fraction of sp³-hybridized carbons (Fsp3) is 0.440. The molecule has 2 aromatic carbocycles. The molecule has 0 aliphatic heterocycles. The van der Waals surface area contributed by atoms with Crippen LogP contribution in [0.5, 0.6) is 5.75 Å². The molecule has 1 aliphatic carbocycles. The molecule has 1 fully saturated rings. The summed E-state index contributed by atoms with van der Waals surface area (Å²) in [6, 6.07) is 9.87. The molecule has 158 valence electrons. The monoisotopic (exact) mass is 407 g/mol. The van der Waals surface area contributed by atoms with E-state index in [4.69, 9.17) is 14.9 Å². The molecule has 0 bridgehead atoms. The van der Waals surface area contributed by atoms with E-state index in [2.05, 4.69) is 6.92 Å². The second-order valence-electron chi connectivity index (χ2n) is 8.51. The average Bonchev–Trinajstić information content (AvgIpc) is 3.15. The number of carbonyl (C=O) groups excluding carboxylic acids is 2. The van der Waals surface area contributed by atoms with E-state index in [1.165, 1.54) is 0 Å². The van der Waals surface area contributed by atoms with Crippen molar-refractivity contribution in [3.63, 3.8) is 0 Å². The number of rotatable bonds is 9. The fourth-order valence-corrected chi connectivity index (χ4v) is 4.54. The van der Waals surface area contributed by atoms with Crippen molar-refractivity contribution < 1.29 is 18.7 Å². The van der Waals surface area contributed by atoms with Crippen LogP contribution in [0.4, 0.5) is 0 Å². The van der Waals surface area contributed by atoms with Gasteiger partial charge in [0.1, 0.15) is 29.5 Å². The van der Waals surface area contributed by atoms with Gasteiger partial charge in [-0.2, -0.15) is 0 Å². The van der Waals surface area contributed by atoms with Gasteiger partial charge in [-0.1, -0.05) is 13.0 Å². The van der Waals surface area contributed by atoms with E-state index < -0.39 is 0 Å². The third-order valence-corrected chi connectivity index (χ3v) is 6.43. The molecule has 0 spiro atoms. The Morgan fingerprint density at radius 1 is 1.23 bits per heavy atom. The van der Waals surface area contributed by atoms with E-state index in [-0.39, 0.29) is 23.4 Å². The summed E-state index contributed by atoms with van der Waals surface area (Å²) < 4.78 is 11.5. The lowest BCUT2D eigenvalue weighted by atomic mass is 9.68. The Morgan fingerprint density at radius 2 is 2.07 bits per heavy atom. The Kier molecular flexibility index (Phi) is 5.91. The summed E-state index contributed by atoms with van der Waals surface area (Å²) >= 11 is 0. The molecule has 1 heterocycles. The quantitative estimate of drug-likeness (QED) is 0.540. The standard InChI is InChI=1S/C25H29NO4/c1-15-3-7-19(15)25(28)21(8-4-16(2)27)22-14-30-23-10-5-17-13-18(29-12-11-26)6-9-20(17)24(22)23/h5-6,9-10,13-15,19,21H,3-4,7-8,11-12,26H2,1-2H3. The largest absolute Gasteiger partial charge is 0.492 e. The first-order valence-electron chi connectivity index (χ1n) is 10.8. The van der Waals surface area contributed by atoms with Gasteiger partial charge in [0, 0.05) is 35.8 Å². The maximum atomic E-state index is 13.4. The number of fused-ring (bicyclic) bond motifs is 3. The lowest BCUT2D eigenvalue weighted by molar-refractivity contribution is -0.129. The highest BCUT2D eigenvalue weighted by atomic mass is 16.5. The van der Waals surface area contributed by atoms with Crippen LogP contribution in [0.25, 0.3) is 21.7 Å². The van der Waals surface area contributed by atoms with Crippen molar-refractivity contribution in [2.24, 2.45) is 17.6 Å². The zero-order valence-corrected chi connectivity index (χ0v) is 17.6. The van der Waals surface area contributed by atoms with Crippen LogP contribution in [0.15, 0.2) is 41.0 Å². The maximum absolute atomic E-state index is 13.4. The number of nitrogens with two attached hydrogens (primary N) is 1. The number of hydrogen-bond acceptors (Lipinski definition) is 5. The smallest absolute Gasteiger partial charge is 0.143 e. The van der Waals surface area contributed by atoms with Crippen molar-refractivity contribution in [3.05, 3.63) is 42.2 Å². The normalized spacial score (nSPS) is 19.6. The molecule has 5 heteroatoms. The predicted octanol–water partition coefficient (Wildman–Crippen LogP) is 4.99. The molecule has 3 aromatic rings. The van der Waals surface area contributed by atoms with Crippen LogP contribution in [0.1, 0.15) is 51.0 Å². The van der Waals surface area contributed by atoms with Crippen molar-refractivity contribution in [1.82, 2.24) is 0 Å². The number of carbonyl (C=O) groups is 2. The SMILES string of the molecule is CC(=O)CCC(C(=O)C1CCC1C)c1coc2ccc3cc(OCCN)ccc3c12. The first-order valence-corrected chi connectivity index (χ1v) is 10.8. The summed E-state index contributed by atoms with van der Waals surface area (Å²) in [6.07, 6.45) is 4.67. The molecule has 1 saturated carbocycles. The van der Waals surface area contributed by atoms with Gasteiger partial charge in [-0.05, 0) is 67.1 Å². The van der Waals surface area contributed by atoms with Crippen LogP contribution in [-0.2, 0) is 9.59 Å². The molecule has 3 unspecified atom stereocenters. The number of hydrogen-bond donors (Lipinski definition) is 1. The molecular weight excluding hydrogens is 378 g/mol. The Bertz CT molecular complexity index is 1080. The van der Waals surface area contributed by atoms with E-state index in [0.29, 0.717) is 31.9 Å². The zero-order valence-electron chi connectivity index (χ0n) is 17.6. The minimum atomic E-state index is -0.318. The Balaban J connectivity index is 1.78. The van der Waals surface area contributed by atoms with E-state index in [0.717, 1.165) is 45.9 Å². The summed E-state index contributed by atoms with van der Waals surface area (Å²) in [5.74, 6) is 1.30. The van der Waals surface area contributed by atoms with Gasteiger partial charge < -0.3 is 19.7 Å². The number of ketones is 2. The number of furan rings is 1. The second kappa shape index (κ2) is 8.60. The Morgan fingerprint density at radius 3 is 2.73 bits per heavy atom. The third-order valence-electron chi connectivity index (χ3n) is 6.43. The van der Waals surface area contributed by atoms with Crippen molar-refractivity contribution >= 4 is 33.3 Å². The maximum Gasteiger partial charge on any atom is 0.143 e. The lowest BCUT2D eigenvalue weighted by Gasteiger charge is -2.35. The molecule has 0 radical (unpaired) electrons. The van der Waals surface area contributed by atoms with Gasteiger partial charge in [-0.3, -0.25) is 4.79 Å². The number of benzene rings is 2. The van der Waals surface area contributed by atoms with Crippen molar-refractivity contribution in [3.8, 4) is 5.75 Å². The van der Waals surface area contributed by atoms with E-state index >= 15 is 0 Å². The minimum Gasteiger partial charge on any atom is -0.492 e. The molecule has 5 nitrogen and oxygen atoms in total. The molecule has 1 aliphatic rings. The van der Waals surface area contributed by atoms with Gasteiger partial charge in [-0.25, -0.2) is 0 Å². The van der Waals surface area contributed by atoms with E-state index in [1.807, 2.05) is 30.3 Å². The summed E-state index contributed by atoms with van der Waals surface area (Å²) in [4.78, 5) is 25.1. The predicted molar refractivity (Wildman–Crippen MR) is 118 cm³/mol. The highest BCUT2D eigenvalue weighted by Gasteiger charge is 2.38. The van der Waals surface area contributed by atoms with Crippen LogP contribution in [0.2, 0.25) is 0 Å². The highest BCUT2D eigenvalue weighted by Crippen LogP contribution is 2.43. The van der Waals surface area contributed by atoms with Crippen LogP contribution < -0.4 is 10.5 Å². The molecule has 4 rings (SSSR count). The topological polar surface area (TPSA) is 82.5 Å². The molecule has 0 saturated heterocycles. The fourth-order valence-electron chi connectivity index (χ4n) is 4.54. The minimum absolute atomic E-state index is 0.0816. The molecule has 1 aromatic heterocycles. The molecule has 3 atom stereocenters. The van der Waals surface area contributed by atoms with Gasteiger partial charge in [0.2, 0.25) is 0 Å². The Labute approximate surface area is 176 Å². The number of Topliss-reactive ketones (excluding diaryl/α,β-unsaturated/α-hetero) is 2. The van der Waals surface area contributed by atoms with Gasteiger partial charge in [-0.15, -0.1) is 0 Å².